The lowest BCUT2D eigenvalue weighted by Crippen LogP contribution is -2.61. The lowest BCUT2D eigenvalue weighted by molar-refractivity contribution is 0.332. The third kappa shape index (κ3) is 5.56. The van der Waals surface area contributed by atoms with E-state index < -0.39 is 6.85 Å². The lowest BCUT2D eigenvalue weighted by Gasteiger charge is -2.47. The third-order valence-corrected chi connectivity index (χ3v) is 14.3. The van der Waals surface area contributed by atoms with Crippen LogP contribution in [0.5, 0.6) is 0 Å². The maximum Gasteiger partial charge on any atom is 0.264 e. The minimum Gasteiger partial charge on any atom is -0.311 e. The van der Waals surface area contributed by atoms with Crippen LogP contribution in [0.1, 0.15) is 125 Å². The fourth-order valence-electron chi connectivity index (χ4n) is 9.69. The molecular formula is C51H57BN2S. The number of benzene rings is 5. The molecule has 280 valence electrons. The number of thiophene rings is 1. The van der Waals surface area contributed by atoms with E-state index in [1.807, 2.05) is 29.5 Å². The van der Waals surface area contributed by atoms with Crippen LogP contribution in [0.2, 0.25) is 0 Å². The van der Waals surface area contributed by atoms with Gasteiger partial charge in [0.2, 0.25) is 0 Å². The molecule has 0 unspecified atom stereocenters. The average Bonchev–Trinajstić information content (AvgIpc) is 3.50. The highest BCUT2D eigenvalue weighted by Crippen LogP contribution is 2.52. The van der Waals surface area contributed by atoms with Crippen LogP contribution in [0.15, 0.2) is 84.9 Å². The molecule has 0 fully saturated rings. The van der Waals surface area contributed by atoms with E-state index >= 15 is 0 Å². The highest BCUT2D eigenvalue weighted by Gasteiger charge is 2.48. The van der Waals surface area contributed by atoms with Crippen LogP contribution in [-0.4, -0.2) is 6.71 Å². The zero-order valence-electron chi connectivity index (χ0n) is 37.9. The second-order valence-electron chi connectivity index (χ2n) is 20.1. The summed E-state index contributed by atoms with van der Waals surface area (Å²) >= 11 is 1.83. The van der Waals surface area contributed by atoms with E-state index in [1.165, 1.54) is 66.1 Å². The Hall–Kier alpha value is -4.28. The van der Waals surface area contributed by atoms with Gasteiger partial charge in [-0.3, -0.25) is 0 Å². The summed E-state index contributed by atoms with van der Waals surface area (Å²) in [4.78, 5) is 5.04. The highest BCUT2D eigenvalue weighted by molar-refractivity contribution is 7.33. The van der Waals surface area contributed by atoms with Gasteiger partial charge in [-0.2, -0.15) is 0 Å². The normalized spacial score (nSPS) is 17.9. The van der Waals surface area contributed by atoms with E-state index in [4.69, 9.17) is 4.11 Å². The molecule has 0 saturated heterocycles. The Bertz CT molecular complexity index is 2670. The standard InChI is InChI=1S/C51H57BN2S/c1-30-14-21-44-36(24-30)46-47(55-44)52-39-28-37-38(51(12,13)23-22-50(37,10)11)29-41(39)54(40-20-17-34(27-32(40)3)49(7,8)9)43-26-31(2)25-42(45(43)52)53(46)35-18-15-33(16-19-35)48(4,5)6/h14-21,24-29H,22-23H2,1-13H3/i1D3. The van der Waals surface area contributed by atoms with Gasteiger partial charge in [0.1, 0.15) is 0 Å². The minimum atomic E-state index is -2.21. The summed E-state index contributed by atoms with van der Waals surface area (Å²) in [6.07, 6.45) is 2.28. The van der Waals surface area contributed by atoms with Gasteiger partial charge in [-0.25, -0.2) is 0 Å². The quantitative estimate of drug-likeness (QED) is 0.163. The summed E-state index contributed by atoms with van der Waals surface area (Å²) in [5.41, 5.74) is 18.1. The van der Waals surface area contributed by atoms with E-state index in [-0.39, 0.29) is 28.4 Å². The van der Waals surface area contributed by atoms with Gasteiger partial charge in [-0.05, 0) is 148 Å². The molecule has 1 aliphatic carbocycles. The average molecular weight is 744 g/mol. The fourth-order valence-corrected chi connectivity index (χ4v) is 11.0. The summed E-state index contributed by atoms with van der Waals surface area (Å²) < 4.78 is 27.7. The molecule has 6 aromatic rings. The second kappa shape index (κ2) is 11.9. The summed E-state index contributed by atoms with van der Waals surface area (Å²) in [6.45, 7) is 25.6. The number of fused-ring (bicyclic) bond motifs is 7. The van der Waals surface area contributed by atoms with Gasteiger partial charge in [0, 0.05) is 47.4 Å². The summed E-state index contributed by atoms with van der Waals surface area (Å²) in [6, 6.07) is 31.9. The Morgan fingerprint density at radius 2 is 1.25 bits per heavy atom. The van der Waals surface area contributed by atoms with Crippen LogP contribution in [0.4, 0.5) is 34.1 Å². The van der Waals surface area contributed by atoms with Crippen molar-refractivity contribution in [3.8, 4) is 0 Å². The molecule has 1 aromatic heterocycles. The van der Waals surface area contributed by atoms with Crippen LogP contribution < -0.4 is 25.5 Å². The number of nitrogens with zero attached hydrogens (tertiary/aromatic N) is 2. The fraction of sp³-hybridized carbons (Fsp3) is 0.373. The van der Waals surface area contributed by atoms with Crippen molar-refractivity contribution in [2.24, 2.45) is 0 Å². The number of hydrogen-bond acceptors (Lipinski definition) is 3. The molecular weight excluding hydrogens is 683 g/mol. The van der Waals surface area contributed by atoms with E-state index in [1.54, 1.807) is 0 Å². The van der Waals surface area contributed by atoms with E-state index in [2.05, 4.69) is 160 Å². The Morgan fingerprint density at radius 3 is 1.87 bits per heavy atom. The Kier molecular flexibility index (Phi) is 7.10. The summed E-state index contributed by atoms with van der Waals surface area (Å²) in [5.74, 6) is 0. The van der Waals surface area contributed by atoms with Crippen LogP contribution in [-0.2, 0) is 21.7 Å². The van der Waals surface area contributed by atoms with Gasteiger partial charge >= 0.3 is 0 Å². The van der Waals surface area contributed by atoms with Gasteiger partial charge in [-0.1, -0.05) is 111 Å². The summed E-state index contributed by atoms with van der Waals surface area (Å²) in [5, 5.41) is 0.999. The van der Waals surface area contributed by atoms with Crippen molar-refractivity contribution < 1.29 is 4.11 Å². The molecule has 5 aromatic carbocycles. The zero-order valence-corrected chi connectivity index (χ0v) is 35.7. The van der Waals surface area contributed by atoms with Crippen LogP contribution >= 0.6 is 11.3 Å². The molecule has 0 N–H and O–H groups in total. The lowest BCUT2D eigenvalue weighted by atomic mass is 9.35. The molecule has 9 rings (SSSR count). The maximum absolute atomic E-state index is 8.44. The molecule has 3 aliphatic rings. The molecule has 3 heterocycles. The molecule has 4 heteroatoms. The van der Waals surface area contributed by atoms with Gasteiger partial charge in [0.05, 0.1) is 5.69 Å². The van der Waals surface area contributed by atoms with Gasteiger partial charge in [0.25, 0.3) is 6.71 Å². The third-order valence-electron chi connectivity index (χ3n) is 13.1. The molecule has 0 bridgehead atoms. The van der Waals surface area contributed by atoms with Crippen molar-refractivity contribution in [3.05, 3.63) is 124 Å². The maximum atomic E-state index is 8.44. The Balaban J connectivity index is 1.42. The number of hydrogen-bond donors (Lipinski definition) is 0. The molecule has 0 saturated carbocycles. The molecule has 0 atom stereocenters. The SMILES string of the molecule is [2H]C([2H])([2H])c1ccc2sc3c(c2c1)N(c1ccc(C(C)(C)C)cc1)c1cc(C)cc2c1B3c1cc3c(cc1N2c1ccc(C(C)(C)C)cc1C)C(C)(C)CCC3(C)C. The predicted octanol–water partition coefficient (Wildman–Crippen LogP) is 12.9. The van der Waals surface area contributed by atoms with Crippen molar-refractivity contribution in [2.45, 2.75) is 124 Å². The molecule has 0 amide bonds. The summed E-state index contributed by atoms with van der Waals surface area (Å²) in [7, 11) is 0. The first-order chi connectivity index (χ1) is 27.0. The number of aryl methyl sites for hydroxylation is 3. The van der Waals surface area contributed by atoms with Crippen molar-refractivity contribution in [3.63, 3.8) is 0 Å². The van der Waals surface area contributed by atoms with Gasteiger partial charge < -0.3 is 9.80 Å². The molecule has 55 heavy (non-hydrogen) atoms. The molecule has 0 radical (unpaired) electrons. The topological polar surface area (TPSA) is 6.48 Å². The molecule has 2 aliphatic heterocycles. The first kappa shape index (κ1) is 32.9. The predicted molar refractivity (Wildman–Crippen MR) is 243 cm³/mol. The van der Waals surface area contributed by atoms with Crippen LogP contribution in [0, 0.1) is 20.7 Å². The van der Waals surface area contributed by atoms with Crippen molar-refractivity contribution in [1.82, 2.24) is 0 Å². The molecule has 0 spiro atoms. The minimum absolute atomic E-state index is 0.00889. The Morgan fingerprint density at radius 1 is 0.636 bits per heavy atom. The highest BCUT2D eigenvalue weighted by atomic mass is 32.1. The first-order valence-corrected chi connectivity index (χ1v) is 21.0. The van der Waals surface area contributed by atoms with Crippen LogP contribution in [0.25, 0.3) is 10.1 Å². The van der Waals surface area contributed by atoms with Crippen molar-refractivity contribution in [1.29, 1.82) is 0 Å². The van der Waals surface area contributed by atoms with Crippen molar-refractivity contribution in [2.75, 3.05) is 9.80 Å². The van der Waals surface area contributed by atoms with E-state index in [9.17, 15) is 0 Å². The van der Waals surface area contributed by atoms with Gasteiger partial charge in [0.15, 0.2) is 0 Å². The van der Waals surface area contributed by atoms with Gasteiger partial charge in [-0.15, -0.1) is 11.3 Å². The van der Waals surface area contributed by atoms with E-state index in [0.717, 1.165) is 40.0 Å². The van der Waals surface area contributed by atoms with Crippen LogP contribution in [0.3, 0.4) is 0 Å². The monoisotopic (exact) mass is 743 g/mol. The first-order valence-electron chi connectivity index (χ1n) is 21.7. The second-order valence-corrected chi connectivity index (χ2v) is 21.2. The largest absolute Gasteiger partial charge is 0.311 e. The Labute approximate surface area is 338 Å². The zero-order chi connectivity index (χ0) is 41.6. The smallest absolute Gasteiger partial charge is 0.264 e. The molecule has 2 nitrogen and oxygen atoms in total. The number of anilines is 6. The van der Waals surface area contributed by atoms with E-state index in [0.29, 0.717) is 5.56 Å². The van der Waals surface area contributed by atoms with Crippen molar-refractivity contribution >= 4 is 78.0 Å². The number of rotatable bonds is 2.